The first-order valence-corrected chi connectivity index (χ1v) is 6.02. The van der Waals surface area contributed by atoms with E-state index in [1.54, 1.807) is 11.3 Å². The van der Waals surface area contributed by atoms with Crippen LogP contribution in [0.4, 0.5) is 0 Å². The van der Waals surface area contributed by atoms with Gasteiger partial charge in [-0.3, -0.25) is 5.01 Å². The van der Waals surface area contributed by atoms with E-state index in [4.69, 9.17) is 5.26 Å². The first kappa shape index (κ1) is 11.4. The van der Waals surface area contributed by atoms with Gasteiger partial charge in [0.25, 0.3) is 0 Å². The summed E-state index contributed by atoms with van der Waals surface area (Å²) in [7, 11) is 0. The van der Waals surface area contributed by atoms with Gasteiger partial charge in [-0.15, -0.1) is 0 Å². The van der Waals surface area contributed by atoms with Gasteiger partial charge in [-0.05, 0) is 6.07 Å². The van der Waals surface area contributed by atoms with Crippen molar-refractivity contribution in [1.29, 1.82) is 5.26 Å². The normalized spacial score (nSPS) is 17.8. The quantitative estimate of drug-likeness (QED) is 0.902. The third-order valence-corrected chi connectivity index (χ3v) is 2.99. The van der Waals surface area contributed by atoms with Gasteiger partial charge in [0.05, 0.1) is 30.6 Å². The summed E-state index contributed by atoms with van der Waals surface area (Å²) in [5.74, 6) is 0.0413. The molecule has 19 heavy (non-hydrogen) atoms. The third-order valence-electron chi connectivity index (χ3n) is 2.99. The number of hydrazone groups is 1. The van der Waals surface area contributed by atoms with E-state index < -0.39 is 0 Å². The van der Waals surface area contributed by atoms with Crippen molar-refractivity contribution in [1.82, 2.24) is 20.0 Å². The Morgan fingerprint density at radius 1 is 1.42 bits per heavy atom. The van der Waals surface area contributed by atoms with Crippen molar-refractivity contribution in [3.8, 4) is 6.07 Å². The highest BCUT2D eigenvalue weighted by Gasteiger charge is 2.15. The molecule has 0 radical (unpaired) electrons. The largest absolute Gasteiger partial charge is 0.346 e. The molecule has 0 aliphatic carbocycles. The SMILES string of the molecule is N#CCCN1C=CC(c2ncnc3[nH]ccc23)C=N1. The lowest BCUT2D eigenvalue weighted by Gasteiger charge is -2.19. The van der Waals surface area contributed by atoms with Gasteiger partial charge in [0, 0.05) is 24.0 Å². The van der Waals surface area contributed by atoms with Crippen LogP contribution in [0.5, 0.6) is 0 Å². The lowest BCUT2D eigenvalue weighted by molar-refractivity contribution is 0.402. The number of nitrogens with zero attached hydrogens (tertiary/aromatic N) is 5. The molecular weight excluding hydrogens is 240 g/mol. The van der Waals surface area contributed by atoms with Crippen molar-refractivity contribution in [3.63, 3.8) is 0 Å². The second kappa shape index (κ2) is 4.90. The van der Waals surface area contributed by atoms with Crippen LogP contribution in [0.15, 0.2) is 36.0 Å². The number of fused-ring (bicyclic) bond motifs is 1. The van der Waals surface area contributed by atoms with Gasteiger partial charge in [-0.1, -0.05) is 6.08 Å². The van der Waals surface area contributed by atoms with E-state index in [0.29, 0.717) is 13.0 Å². The highest BCUT2D eigenvalue weighted by molar-refractivity contribution is 5.84. The minimum atomic E-state index is 0.0413. The van der Waals surface area contributed by atoms with Crippen LogP contribution in [0.2, 0.25) is 0 Å². The molecule has 3 rings (SSSR count). The fraction of sp³-hybridized carbons (Fsp3) is 0.231. The summed E-state index contributed by atoms with van der Waals surface area (Å²) in [5.41, 5.74) is 1.77. The number of nitrogens with one attached hydrogen (secondary N) is 1. The topological polar surface area (TPSA) is 81.0 Å². The third kappa shape index (κ3) is 2.18. The Bertz CT molecular complexity index is 664. The second-order valence-electron chi connectivity index (χ2n) is 4.20. The summed E-state index contributed by atoms with van der Waals surface area (Å²) < 4.78 is 0. The van der Waals surface area contributed by atoms with Gasteiger partial charge in [-0.2, -0.15) is 10.4 Å². The Kier molecular flexibility index (Phi) is 2.94. The zero-order valence-corrected chi connectivity index (χ0v) is 10.2. The maximum Gasteiger partial charge on any atom is 0.140 e. The molecule has 0 saturated heterocycles. The molecule has 1 atom stereocenters. The average molecular weight is 252 g/mol. The molecule has 1 aliphatic heterocycles. The average Bonchev–Trinajstić information content (AvgIpc) is 2.94. The predicted octanol–water partition coefficient (Wildman–Crippen LogP) is 1.77. The maximum atomic E-state index is 8.55. The number of hydrogen-bond acceptors (Lipinski definition) is 5. The van der Waals surface area contributed by atoms with Crippen molar-refractivity contribution < 1.29 is 0 Å². The fourth-order valence-electron chi connectivity index (χ4n) is 2.05. The molecule has 6 nitrogen and oxygen atoms in total. The number of nitriles is 1. The number of aromatic nitrogens is 3. The van der Waals surface area contributed by atoms with Crippen molar-refractivity contribution in [3.05, 3.63) is 36.6 Å². The maximum absolute atomic E-state index is 8.55. The minimum Gasteiger partial charge on any atom is -0.346 e. The van der Waals surface area contributed by atoms with Gasteiger partial charge < -0.3 is 4.98 Å². The molecule has 1 aliphatic rings. The van der Waals surface area contributed by atoms with Gasteiger partial charge in [-0.25, -0.2) is 9.97 Å². The lowest BCUT2D eigenvalue weighted by atomic mass is 10.0. The smallest absolute Gasteiger partial charge is 0.140 e. The first-order valence-electron chi connectivity index (χ1n) is 6.02. The first-order chi connectivity index (χ1) is 9.38. The second-order valence-corrected chi connectivity index (χ2v) is 4.20. The van der Waals surface area contributed by atoms with Gasteiger partial charge in [0.15, 0.2) is 0 Å². The molecule has 1 N–H and O–H groups in total. The van der Waals surface area contributed by atoms with Crippen LogP contribution in [-0.4, -0.2) is 32.7 Å². The van der Waals surface area contributed by atoms with Gasteiger partial charge in [0.1, 0.15) is 12.0 Å². The minimum absolute atomic E-state index is 0.0413. The highest BCUT2D eigenvalue weighted by Crippen LogP contribution is 2.23. The van der Waals surface area contributed by atoms with Crippen molar-refractivity contribution in [2.75, 3.05) is 6.54 Å². The Morgan fingerprint density at radius 3 is 3.16 bits per heavy atom. The van der Waals surface area contributed by atoms with Crippen LogP contribution in [0.25, 0.3) is 11.0 Å². The molecule has 3 heterocycles. The van der Waals surface area contributed by atoms with E-state index in [-0.39, 0.29) is 5.92 Å². The molecule has 0 bridgehead atoms. The van der Waals surface area contributed by atoms with E-state index in [1.807, 2.05) is 30.8 Å². The zero-order valence-electron chi connectivity index (χ0n) is 10.2. The predicted molar refractivity (Wildman–Crippen MR) is 71.2 cm³/mol. The van der Waals surface area contributed by atoms with Crippen molar-refractivity contribution in [2.24, 2.45) is 5.10 Å². The molecule has 0 fully saturated rings. The number of allylic oxidation sites excluding steroid dienone is 1. The number of hydrogen-bond donors (Lipinski definition) is 1. The number of aromatic amines is 1. The van der Waals surface area contributed by atoms with Crippen molar-refractivity contribution >= 4 is 17.2 Å². The van der Waals surface area contributed by atoms with Crippen LogP contribution in [0.1, 0.15) is 18.0 Å². The Hall–Kier alpha value is -2.68. The van der Waals surface area contributed by atoms with Crippen LogP contribution >= 0.6 is 0 Å². The molecule has 0 amide bonds. The number of H-pyrrole nitrogens is 1. The Morgan fingerprint density at radius 2 is 2.37 bits per heavy atom. The zero-order chi connectivity index (χ0) is 13.1. The van der Waals surface area contributed by atoms with E-state index in [1.165, 1.54) is 0 Å². The standard InChI is InChI=1S/C13H12N6/c14-4-1-6-19-7-3-10(8-18-19)12-11-2-5-15-13(11)17-9-16-12/h2-3,5,7-10H,1,6H2,(H,15,16,17). The summed E-state index contributed by atoms with van der Waals surface area (Å²) in [6.07, 6.45) is 9.62. The molecular formula is C13H12N6. The number of rotatable bonds is 3. The summed E-state index contributed by atoms with van der Waals surface area (Å²) in [6.45, 7) is 0.611. The molecule has 0 aromatic carbocycles. The van der Waals surface area contributed by atoms with Crippen LogP contribution in [0.3, 0.4) is 0 Å². The molecule has 94 valence electrons. The monoisotopic (exact) mass is 252 g/mol. The van der Waals surface area contributed by atoms with Gasteiger partial charge in [0.2, 0.25) is 0 Å². The lowest BCUT2D eigenvalue weighted by Crippen LogP contribution is -2.17. The summed E-state index contributed by atoms with van der Waals surface area (Å²) in [4.78, 5) is 11.6. The van der Waals surface area contributed by atoms with E-state index in [2.05, 4.69) is 26.1 Å². The van der Waals surface area contributed by atoms with E-state index in [9.17, 15) is 0 Å². The molecule has 2 aromatic rings. The summed E-state index contributed by atoms with van der Waals surface area (Å²) in [5, 5.41) is 15.6. The van der Waals surface area contributed by atoms with Crippen LogP contribution < -0.4 is 0 Å². The van der Waals surface area contributed by atoms with Crippen molar-refractivity contribution in [2.45, 2.75) is 12.3 Å². The van der Waals surface area contributed by atoms with E-state index in [0.717, 1.165) is 16.7 Å². The highest BCUT2D eigenvalue weighted by atomic mass is 15.4. The molecule has 0 saturated carbocycles. The molecule has 0 spiro atoms. The Balaban J connectivity index is 1.84. The fourth-order valence-corrected chi connectivity index (χ4v) is 2.05. The van der Waals surface area contributed by atoms with E-state index >= 15 is 0 Å². The summed E-state index contributed by atoms with van der Waals surface area (Å²) >= 11 is 0. The van der Waals surface area contributed by atoms with Crippen LogP contribution in [0, 0.1) is 11.3 Å². The molecule has 6 heteroatoms. The van der Waals surface area contributed by atoms with Gasteiger partial charge >= 0.3 is 0 Å². The Labute approximate surface area is 110 Å². The summed E-state index contributed by atoms with van der Waals surface area (Å²) in [6, 6.07) is 4.07. The van der Waals surface area contributed by atoms with Crippen LogP contribution in [-0.2, 0) is 0 Å². The molecule has 1 unspecified atom stereocenters. The molecule has 2 aromatic heterocycles.